The van der Waals surface area contributed by atoms with Gasteiger partial charge in [0.25, 0.3) is 0 Å². The molecule has 0 spiro atoms. The third-order valence-electron chi connectivity index (χ3n) is 2.83. The van der Waals surface area contributed by atoms with Gasteiger partial charge in [0.1, 0.15) is 0 Å². The monoisotopic (exact) mass is 261 g/mol. The van der Waals surface area contributed by atoms with Crippen LogP contribution in [0.3, 0.4) is 0 Å². The average molecular weight is 261 g/mol. The lowest BCUT2D eigenvalue weighted by Gasteiger charge is -2.08. The number of aromatic nitrogens is 3. The summed E-state index contributed by atoms with van der Waals surface area (Å²) in [5.74, 6) is 0. The van der Waals surface area contributed by atoms with Gasteiger partial charge in [-0.15, -0.1) is 0 Å². The van der Waals surface area contributed by atoms with Gasteiger partial charge >= 0.3 is 17.1 Å². The van der Waals surface area contributed by atoms with Crippen molar-refractivity contribution in [3.05, 3.63) is 61.8 Å². The zero-order chi connectivity index (χ0) is 13.8. The van der Waals surface area contributed by atoms with Crippen LogP contribution in [-0.2, 0) is 6.54 Å². The Bertz CT molecular complexity index is 725. The summed E-state index contributed by atoms with van der Waals surface area (Å²) >= 11 is 0. The van der Waals surface area contributed by atoms with E-state index in [0.717, 1.165) is 15.6 Å². The van der Waals surface area contributed by atoms with E-state index in [0.29, 0.717) is 18.7 Å². The lowest BCUT2D eigenvalue weighted by molar-refractivity contribution is 0.542. The molecule has 2 aromatic rings. The summed E-state index contributed by atoms with van der Waals surface area (Å²) in [6, 6.07) is 8.53. The lowest BCUT2D eigenvalue weighted by Crippen LogP contribution is -2.48. The Morgan fingerprint density at radius 2 is 1.74 bits per heavy atom. The maximum absolute atomic E-state index is 12.2. The summed E-state index contributed by atoms with van der Waals surface area (Å²) in [4.78, 5) is 37.8. The van der Waals surface area contributed by atoms with E-state index in [4.69, 9.17) is 0 Å². The molecule has 19 heavy (non-hydrogen) atoms. The quantitative estimate of drug-likeness (QED) is 0.870. The molecule has 6 heteroatoms. The van der Waals surface area contributed by atoms with E-state index in [1.807, 2.05) is 6.92 Å². The molecule has 0 bridgehead atoms. The van der Waals surface area contributed by atoms with E-state index in [9.17, 15) is 14.4 Å². The van der Waals surface area contributed by atoms with Crippen LogP contribution in [0, 0.1) is 0 Å². The van der Waals surface area contributed by atoms with Gasteiger partial charge in [-0.2, -0.15) is 0 Å². The fourth-order valence-electron chi connectivity index (χ4n) is 1.83. The van der Waals surface area contributed by atoms with Gasteiger partial charge in [-0.3, -0.25) is 4.98 Å². The van der Waals surface area contributed by atoms with Gasteiger partial charge in [0.15, 0.2) is 0 Å². The fourth-order valence-corrected chi connectivity index (χ4v) is 1.83. The van der Waals surface area contributed by atoms with E-state index in [1.165, 1.54) is 0 Å². The smallest absolute Gasteiger partial charge is 0.258 e. The third kappa shape index (κ3) is 2.57. The van der Waals surface area contributed by atoms with Crippen LogP contribution in [0.2, 0.25) is 0 Å². The summed E-state index contributed by atoms with van der Waals surface area (Å²) in [6.45, 7) is 2.27. The summed E-state index contributed by atoms with van der Waals surface area (Å²) in [7, 11) is 0. The molecule has 0 radical (unpaired) electrons. The number of nitrogens with zero attached hydrogens (tertiary/aromatic N) is 2. The van der Waals surface area contributed by atoms with Crippen molar-refractivity contribution in [2.45, 2.75) is 26.3 Å². The van der Waals surface area contributed by atoms with E-state index in [1.54, 1.807) is 30.3 Å². The van der Waals surface area contributed by atoms with Gasteiger partial charge in [0.05, 0.1) is 5.69 Å². The second-order valence-electron chi connectivity index (χ2n) is 4.19. The van der Waals surface area contributed by atoms with Gasteiger partial charge in [-0.1, -0.05) is 31.5 Å². The molecule has 1 aromatic carbocycles. The minimum absolute atomic E-state index is 0.303. The zero-order valence-corrected chi connectivity index (χ0v) is 10.6. The Morgan fingerprint density at radius 1 is 1.05 bits per heavy atom. The fraction of sp³-hybridized carbons (Fsp3) is 0.308. The standard InChI is InChI=1S/C13H15N3O3/c1-2-3-9-15-11(17)14-12(18)16(13(15)19)10-7-5-4-6-8-10/h4-8H,2-3,9H2,1H3,(H,14,17,18). The second kappa shape index (κ2) is 5.51. The van der Waals surface area contributed by atoms with Crippen molar-refractivity contribution < 1.29 is 0 Å². The number of aromatic amines is 1. The Morgan fingerprint density at radius 3 is 2.37 bits per heavy atom. The van der Waals surface area contributed by atoms with Crippen molar-refractivity contribution in [2.75, 3.05) is 0 Å². The first kappa shape index (κ1) is 13.1. The first-order chi connectivity index (χ1) is 9.15. The molecular weight excluding hydrogens is 246 g/mol. The average Bonchev–Trinajstić information content (AvgIpc) is 2.39. The number of hydrogen-bond acceptors (Lipinski definition) is 3. The van der Waals surface area contributed by atoms with Gasteiger partial charge < -0.3 is 0 Å². The number of nitrogens with one attached hydrogen (secondary N) is 1. The van der Waals surface area contributed by atoms with Crippen molar-refractivity contribution in [3.8, 4) is 5.69 Å². The molecule has 0 amide bonds. The van der Waals surface area contributed by atoms with Crippen LogP contribution in [0.4, 0.5) is 0 Å². The van der Waals surface area contributed by atoms with Gasteiger partial charge in [-0.05, 0) is 18.6 Å². The second-order valence-corrected chi connectivity index (χ2v) is 4.19. The molecule has 1 heterocycles. The van der Waals surface area contributed by atoms with Crippen LogP contribution in [0.1, 0.15) is 19.8 Å². The minimum Gasteiger partial charge on any atom is -0.258 e. The molecule has 0 atom stereocenters. The van der Waals surface area contributed by atoms with Crippen molar-refractivity contribution >= 4 is 0 Å². The van der Waals surface area contributed by atoms with Crippen LogP contribution in [-0.4, -0.2) is 14.1 Å². The zero-order valence-electron chi connectivity index (χ0n) is 10.6. The largest absolute Gasteiger partial charge is 0.340 e. The maximum Gasteiger partial charge on any atom is 0.340 e. The van der Waals surface area contributed by atoms with E-state index in [-0.39, 0.29) is 0 Å². The Labute approximate surface area is 109 Å². The molecule has 0 fully saturated rings. The van der Waals surface area contributed by atoms with Crippen LogP contribution in [0.5, 0.6) is 0 Å². The molecule has 0 aliphatic rings. The van der Waals surface area contributed by atoms with Crippen LogP contribution in [0.25, 0.3) is 5.69 Å². The topological polar surface area (TPSA) is 76.9 Å². The minimum atomic E-state index is -0.714. The van der Waals surface area contributed by atoms with Crippen molar-refractivity contribution in [1.82, 2.24) is 14.1 Å². The molecule has 1 aromatic heterocycles. The molecule has 0 saturated carbocycles. The summed E-state index contributed by atoms with van der Waals surface area (Å²) < 4.78 is 2.02. The number of hydrogen-bond donors (Lipinski definition) is 1. The van der Waals surface area contributed by atoms with Crippen LogP contribution >= 0.6 is 0 Å². The predicted molar refractivity (Wildman–Crippen MR) is 71.8 cm³/mol. The third-order valence-corrected chi connectivity index (χ3v) is 2.83. The van der Waals surface area contributed by atoms with E-state index in [2.05, 4.69) is 4.98 Å². The van der Waals surface area contributed by atoms with Gasteiger partial charge in [0.2, 0.25) is 0 Å². The Hall–Kier alpha value is -2.37. The highest BCUT2D eigenvalue weighted by atomic mass is 16.2. The number of H-pyrrole nitrogens is 1. The molecule has 6 nitrogen and oxygen atoms in total. The first-order valence-corrected chi connectivity index (χ1v) is 6.16. The molecule has 0 aliphatic carbocycles. The predicted octanol–water partition coefficient (Wildman–Crippen LogP) is 0.488. The van der Waals surface area contributed by atoms with Crippen molar-refractivity contribution in [3.63, 3.8) is 0 Å². The summed E-state index contributed by atoms with van der Waals surface area (Å²) in [6.07, 6.45) is 1.56. The highest BCUT2D eigenvalue weighted by molar-refractivity contribution is 5.30. The summed E-state index contributed by atoms with van der Waals surface area (Å²) in [5.41, 5.74) is -1.53. The molecule has 2 rings (SSSR count). The Balaban J connectivity index is 2.66. The first-order valence-electron chi connectivity index (χ1n) is 6.16. The van der Waals surface area contributed by atoms with E-state index >= 15 is 0 Å². The lowest BCUT2D eigenvalue weighted by atomic mass is 10.3. The highest BCUT2D eigenvalue weighted by Gasteiger charge is 2.10. The molecule has 0 aliphatic heterocycles. The molecule has 1 N–H and O–H groups in total. The summed E-state index contributed by atoms with van der Waals surface area (Å²) in [5, 5.41) is 0. The number of unbranched alkanes of at least 4 members (excludes halogenated alkanes) is 1. The van der Waals surface area contributed by atoms with Crippen LogP contribution in [0.15, 0.2) is 44.7 Å². The normalized spacial score (nSPS) is 10.6. The van der Waals surface area contributed by atoms with Gasteiger partial charge in [0, 0.05) is 6.54 Å². The molecule has 0 saturated heterocycles. The Kier molecular flexibility index (Phi) is 3.79. The molecular formula is C13H15N3O3. The molecule has 0 unspecified atom stereocenters. The number of para-hydroxylation sites is 1. The molecule has 100 valence electrons. The van der Waals surface area contributed by atoms with Crippen LogP contribution < -0.4 is 17.1 Å². The van der Waals surface area contributed by atoms with E-state index < -0.39 is 17.1 Å². The van der Waals surface area contributed by atoms with Crippen molar-refractivity contribution in [1.29, 1.82) is 0 Å². The highest BCUT2D eigenvalue weighted by Crippen LogP contribution is 1.99. The SMILES string of the molecule is CCCCn1c(=O)[nH]c(=O)n(-c2ccccc2)c1=O. The van der Waals surface area contributed by atoms with Crippen molar-refractivity contribution in [2.24, 2.45) is 0 Å². The van der Waals surface area contributed by atoms with Gasteiger partial charge in [-0.25, -0.2) is 23.5 Å². The number of benzene rings is 1. The number of rotatable bonds is 4. The maximum atomic E-state index is 12.2.